The lowest BCUT2D eigenvalue weighted by Crippen LogP contribution is -2.27. The standard InChI is InChI=1S/C29H23N3O4/c1-20(22-7-3-2-4-8-22)31-29(33)24(18-30)17-27-26-10-6-5-9-23(26)13-16-28(27)36-19-21-11-14-25(15-12-21)32(34)35/h2-17,20H,19H2,1H3,(H,31,33)/b24-17-/t20-/m0/s1. The van der Waals surface area contributed by atoms with Crippen LogP contribution in [0.15, 0.2) is 96.6 Å². The van der Waals surface area contributed by atoms with Gasteiger partial charge in [0, 0.05) is 17.7 Å². The van der Waals surface area contributed by atoms with Crippen molar-refractivity contribution in [3.05, 3.63) is 123 Å². The number of benzene rings is 4. The summed E-state index contributed by atoms with van der Waals surface area (Å²) in [6.07, 6.45) is 1.54. The number of nitro benzene ring substituents is 1. The van der Waals surface area contributed by atoms with Gasteiger partial charge < -0.3 is 10.1 Å². The number of ether oxygens (including phenoxy) is 1. The molecule has 1 N–H and O–H groups in total. The average Bonchev–Trinajstić information content (AvgIpc) is 2.91. The normalized spacial score (nSPS) is 11.9. The molecular weight excluding hydrogens is 454 g/mol. The van der Waals surface area contributed by atoms with E-state index in [1.807, 2.05) is 73.7 Å². The lowest BCUT2D eigenvalue weighted by atomic mass is 10.0. The quantitative estimate of drug-likeness (QED) is 0.143. The van der Waals surface area contributed by atoms with Crippen molar-refractivity contribution >= 4 is 28.4 Å². The Kier molecular flexibility index (Phi) is 7.37. The van der Waals surface area contributed by atoms with Crippen LogP contribution in [0.5, 0.6) is 5.75 Å². The third kappa shape index (κ3) is 5.57. The molecule has 0 unspecified atom stereocenters. The maximum Gasteiger partial charge on any atom is 0.269 e. The van der Waals surface area contributed by atoms with Gasteiger partial charge in [-0.15, -0.1) is 0 Å². The fraction of sp³-hybridized carbons (Fsp3) is 0.103. The fourth-order valence-electron chi connectivity index (χ4n) is 3.82. The molecule has 0 saturated carbocycles. The topological polar surface area (TPSA) is 105 Å². The number of non-ortho nitro benzene ring substituents is 1. The van der Waals surface area contributed by atoms with Crippen molar-refractivity contribution in [3.8, 4) is 11.8 Å². The van der Waals surface area contributed by atoms with Gasteiger partial charge in [-0.3, -0.25) is 14.9 Å². The largest absolute Gasteiger partial charge is 0.488 e. The van der Waals surface area contributed by atoms with Crippen LogP contribution in [-0.4, -0.2) is 10.8 Å². The van der Waals surface area contributed by atoms with Gasteiger partial charge in [0.1, 0.15) is 24.0 Å². The number of fused-ring (bicyclic) bond motifs is 1. The minimum atomic E-state index is -0.483. The Morgan fingerprint density at radius 3 is 2.42 bits per heavy atom. The predicted molar refractivity (Wildman–Crippen MR) is 138 cm³/mol. The number of hydrogen-bond donors (Lipinski definition) is 1. The molecule has 0 heterocycles. The van der Waals surface area contributed by atoms with Crippen LogP contribution in [0, 0.1) is 21.4 Å². The Labute approximate surface area is 208 Å². The zero-order chi connectivity index (χ0) is 25.5. The molecule has 178 valence electrons. The lowest BCUT2D eigenvalue weighted by molar-refractivity contribution is -0.384. The third-order valence-electron chi connectivity index (χ3n) is 5.77. The maximum atomic E-state index is 13.0. The summed E-state index contributed by atoms with van der Waals surface area (Å²) in [6.45, 7) is 2.02. The Bertz CT molecular complexity index is 1470. The molecule has 0 bridgehead atoms. The number of carbonyl (C=O) groups is 1. The van der Waals surface area contributed by atoms with Crippen LogP contribution in [0.3, 0.4) is 0 Å². The molecule has 0 saturated heterocycles. The summed E-state index contributed by atoms with van der Waals surface area (Å²) < 4.78 is 6.05. The van der Waals surface area contributed by atoms with Crippen molar-refractivity contribution in [2.45, 2.75) is 19.6 Å². The van der Waals surface area contributed by atoms with Gasteiger partial charge in [-0.05, 0) is 53.1 Å². The molecule has 36 heavy (non-hydrogen) atoms. The molecule has 1 amide bonds. The van der Waals surface area contributed by atoms with E-state index in [-0.39, 0.29) is 23.9 Å². The van der Waals surface area contributed by atoms with E-state index < -0.39 is 10.8 Å². The predicted octanol–water partition coefficient (Wildman–Crippen LogP) is 6.11. The number of nitrogens with one attached hydrogen (secondary N) is 1. The van der Waals surface area contributed by atoms with Crippen LogP contribution in [0.4, 0.5) is 5.69 Å². The molecule has 4 aromatic rings. The molecule has 0 aliphatic carbocycles. The van der Waals surface area contributed by atoms with E-state index in [9.17, 15) is 20.2 Å². The van der Waals surface area contributed by atoms with Gasteiger partial charge in [-0.25, -0.2) is 0 Å². The fourth-order valence-corrected chi connectivity index (χ4v) is 3.82. The van der Waals surface area contributed by atoms with Gasteiger partial charge in [0.05, 0.1) is 11.0 Å². The Hall–Kier alpha value is -4.96. The molecular formula is C29H23N3O4. The van der Waals surface area contributed by atoms with Gasteiger partial charge in [0.2, 0.25) is 0 Å². The summed E-state index contributed by atoms with van der Waals surface area (Å²) in [5.74, 6) is 0.00631. The van der Waals surface area contributed by atoms with Gasteiger partial charge in [0.25, 0.3) is 11.6 Å². The molecule has 0 aliphatic rings. The van der Waals surface area contributed by atoms with Crippen LogP contribution in [0.1, 0.15) is 29.7 Å². The van der Waals surface area contributed by atoms with E-state index in [1.165, 1.54) is 12.1 Å². The molecule has 4 rings (SSSR count). The van der Waals surface area contributed by atoms with Gasteiger partial charge in [0.15, 0.2) is 0 Å². The highest BCUT2D eigenvalue weighted by Gasteiger charge is 2.16. The van der Waals surface area contributed by atoms with Crippen LogP contribution < -0.4 is 10.1 Å². The number of amides is 1. The first kappa shape index (κ1) is 24.2. The number of hydrogen-bond acceptors (Lipinski definition) is 5. The summed E-state index contributed by atoms with van der Waals surface area (Å²) in [6, 6.07) is 28.7. The van der Waals surface area contributed by atoms with E-state index in [0.717, 1.165) is 21.9 Å². The van der Waals surface area contributed by atoms with E-state index in [2.05, 4.69) is 5.32 Å². The summed E-state index contributed by atoms with van der Waals surface area (Å²) in [5, 5.41) is 25.4. The summed E-state index contributed by atoms with van der Waals surface area (Å²) >= 11 is 0. The van der Waals surface area contributed by atoms with Crippen molar-refractivity contribution in [3.63, 3.8) is 0 Å². The van der Waals surface area contributed by atoms with E-state index in [0.29, 0.717) is 11.3 Å². The van der Waals surface area contributed by atoms with E-state index in [4.69, 9.17) is 4.74 Å². The number of rotatable bonds is 8. The Balaban J connectivity index is 1.64. The monoisotopic (exact) mass is 477 g/mol. The minimum absolute atomic E-state index is 0.00230. The number of carbonyl (C=O) groups excluding carboxylic acids is 1. The highest BCUT2D eigenvalue weighted by atomic mass is 16.6. The van der Waals surface area contributed by atoms with E-state index in [1.54, 1.807) is 24.3 Å². The highest BCUT2D eigenvalue weighted by Crippen LogP contribution is 2.31. The molecule has 4 aromatic carbocycles. The van der Waals surface area contributed by atoms with Crippen LogP contribution >= 0.6 is 0 Å². The SMILES string of the molecule is C[C@H](NC(=O)/C(C#N)=C\c1c(OCc2ccc([N+](=O)[O-])cc2)ccc2ccccc12)c1ccccc1. The summed E-state index contributed by atoms with van der Waals surface area (Å²) in [4.78, 5) is 23.4. The number of nitriles is 1. The van der Waals surface area contributed by atoms with Crippen LogP contribution in [0.2, 0.25) is 0 Å². The molecule has 1 atom stereocenters. The number of nitrogens with zero attached hydrogens (tertiary/aromatic N) is 2. The van der Waals surface area contributed by atoms with Crippen LogP contribution in [-0.2, 0) is 11.4 Å². The molecule has 0 spiro atoms. The highest BCUT2D eigenvalue weighted by molar-refractivity contribution is 6.05. The minimum Gasteiger partial charge on any atom is -0.488 e. The van der Waals surface area contributed by atoms with Gasteiger partial charge >= 0.3 is 0 Å². The van der Waals surface area contributed by atoms with Crippen molar-refractivity contribution in [1.29, 1.82) is 5.26 Å². The second-order valence-electron chi connectivity index (χ2n) is 8.19. The molecule has 0 aromatic heterocycles. The van der Waals surface area contributed by atoms with Crippen molar-refractivity contribution in [2.75, 3.05) is 0 Å². The first-order valence-electron chi connectivity index (χ1n) is 11.3. The third-order valence-corrected chi connectivity index (χ3v) is 5.77. The second-order valence-corrected chi connectivity index (χ2v) is 8.19. The maximum absolute atomic E-state index is 13.0. The van der Waals surface area contributed by atoms with Crippen molar-refractivity contribution < 1.29 is 14.5 Å². The van der Waals surface area contributed by atoms with Crippen LogP contribution in [0.25, 0.3) is 16.8 Å². The zero-order valence-electron chi connectivity index (χ0n) is 19.5. The zero-order valence-corrected chi connectivity index (χ0v) is 19.5. The molecule has 0 radical (unpaired) electrons. The van der Waals surface area contributed by atoms with Gasteiger partial charge in [-0.2, -0.15) is 5.26 Å². The summed E-state index contributed by atoms with van der Waals surface area (Å²) in [7, 11) is 0. The number of nitro groups is 1. The lowest BCUT2D eigenvalue weighted by Gasteiger charge is -2.15. The van der Waals surface area contributed by atoms with Gasteiger partial charge in [-0.1, -0.05) is 60.7 Å². The average molecular weight is 478 g/mol. The molecule has 0 fully saturated rings. The smallest absolute Gasteiger partial charge is 0.269 e. The molecule has 7 heteroatoms. The van der Waals surface area contributed by atoms with Crippen molar-refractivity contribution in [2.24, 2.45) is 0 Å². The van der Waals surface area contributed by atoms with E-state index >= 15 is 0 Å². The first-order chi connectivity index (χ1) is 17.5. The molecule has 7 nitrogen and oxygen atoms in total. The first-order valence-corrected chi connectivity index (χ1v) is 11.3. The summed E-state index contributed by atoms with van der Waals surface area (Å²) in [5.41, 5.74) is 2.24. The Morgan fingerprint density at radius 2 is 1.72 bits per heavy atom. The van der Waals surface area contributed by atoms with Crippen molar-refractivity contribution in [1.82, 2.24) is 5.32 Å². The Morgan fingerprint density at radius 1 is 1.03 bits per heavy atom. The molecule has 0 aliphatic heterocycles. The second kappa shape index (κ2) is 11.0.